The third-order valence-corrected chi connectivity index (χ3v) is 3.52. The van der Waals surface area contributed by atoms with Crippen molar-refractivity contribution in [1.82, 2.24) is 9.97 Å². The molecule has 6 nitrogen and oxygen atoms in total. The number of fused-ring (bicyclic) bond motifs is 1. The van der Waals surface area contributed by atoms with Gasteiger partial charge in [-0.2, -0.15) is 5.10 Å². The highest BCUT2D eigenvalue weighted by atomic mass is 16.5. The number of rotatable bonds is 5. The van der Waals surface area contributed by atoms with Crippen molar-refractivity contribution in [1.29, 1.82) is 0 Å². The van der Waals surface area contributed by atoms with Gasteiger partial charge in [-0.25, -0.2) is 10.4 Å². The summed E-state index contributed by atoms with van der Waals surface area (Å²) in [6.07, 6.45) is 0. The Kier molecular flexibility index (Phi) is 4.14. The first-order chi connectivity index (χ1) is 11.2. The zero-order valence-corrected chi connectivity index (χ0v) is 13.3. The molecule has 0 fully saturated rings. The van der Waals surface area contributed by atoms with E-state index in [1.807, 2.05) is 49.4 Å². The molecule has 0 bridgehead atoms. The molecule has 0 saturated heterocycles. The maximum absolute atomic E-state index is 5.38. The first-order valence-electron chi connectivity index (χ1n) is 7.18. The quantitative estimate of drug-likeness (QED) is 0.559. The Morgan fingerprint density at radius 3 is 2.70 bits per heavy atom. The van der Waals surface area contributed by atoms with Crippen LogP contribution in [0.1, 0.15) is 12.5 Å². The lowest BCUT2D eigenvalue weighted by Gasteiger charge is -2.10. The molecule has 0 radical (unpaired) electrons. The molecule has 118 valence electrons. The van der Waals surface area contributed by atoms with E-state index in [1.54, 1.807) is 14.2 Å². The summed E-state index contributed by atoms with van der Waals surface area (Å²) in [6.45, 7) is 1.90. The molecule has 2 aromatic carbocycles. The fourth-order valence-electron chi connectivity index (χ4n) is 2.30. The summed E-state index contributed by atoms with van der Waals surface area (Å²) in [6, 6.07) is 13.4. The normalized spacial score (nSPS) is 11.5. The van der Waals surface area contributed by atoms with Crippen molar-refractivity contribution in [3.8, 4) is 11.5 Å². The summed E-state index contributed by atoms with van der Waals surface area (Å²) in [4.78, 5) is 7.59. The van der Waals surface area contributed by atoms with Gasteiger partial charge in [-0.05, 0) is 37.3 Å². The van der Waals surface area contributed by atoms with Gasteiger partial charge in [0.25, 0.3) is 0 Å². The van der Waals surface area contributed by atoms with Crippen LogP contribution in [-0.4, -0.2) is 29.9 Å². The Balaban J connectivity index is 1.87. The summed E-state index contributed by atoms with van der Waals surface area (Å²) in [5.74, 6) is 2.07. The van der Waals surface area contributed by atoms with Gasteiger partial charge in [0.2, 0.25) is 5.95 Å². The van der Waals surface area contributed by atoms with Crippen molar-refractivity contribution in [2.45, 2.75) is 6.92 Å². The lowest BCUT2D eigenvalue weighted by molar-refractivity contribution is 0.402. The first kappa shape index (κ1) is 14.9. The lowest BCUT2D eigenvalue weighted by Crippen LogP contribution is -2.03. The molecule has 3 aromatic rings. The predicted molar refractivity (Wildman–Crippen MR) is 91.5 cm³/mol. The van der Waals surface area contributed by atoms with E-state index in [4.69, 9.17) is 9.47 Å². The van der Waals surface area contributed by atoms with Crippen LogP contribution in [0.15, 0.2) is 47.6 Å². The number of nitrogens with zero attached hydrogens (tertiary/aromatic N) is 2. The second-order valence-electron chi connectivity index (χ2n) is 4.98. The molecule has 0 atom stereocenters. The molecule has 1 heterocycles. The number of hydrazone groups is 1. The van der Waals surface area contributed by atoms with Crippen molar-refractivity contribution in [2.75, 3.05) is 19.6 Å². The largest absolute Gasteiger partial charge is 0.497 e. The monoisotopic (exact) mass is 310 g/mol. The molecule has 0 aliphatic rings. The van der Waals surface area contributed by atoms with Gasteiger partial charge in [0, 0.05) is 5.56 Å². The maximum Gasteiger partial charge on any atom is 0.222 e. The molecule has 0 saturated carbocycles. The Morgan fingerprint density at radius 1 is 1.13 bits per heavy atom. The third kappa shape index (κ3) is 3.11. The predicted octanol–water partition coefficient (Wildman–Crippen LogP) is 3.42. The number of para-hydroxylation sites is 2. The fourth-order valence-corrected chi connectivity index (χ4v) is 2.30. The molecular weight excluding hydrogens is 292 g/mol. The second kappa shape index (κ2) is 6.39. The number of methoxy groups -OCH3 is 2. The van der Waals surface area contributed by atoms with Crippen molar-refractivity contribution in [3.63, 3.8) is 0 Å². The lowest BCUT2D eigenvalue weighted by atomic mass is 10.1. The summed E-state index contributed by atoms with van der Waals surface area (Å²) in [5.41, 5.74) is 6.42. The van der Waals surface area contributed by atoms with Crippen molar-refractivity contribution in [3.05, 3.63) is 48.0 Å². The van der Waals surface area contributed by atoms with E-state index >= 15 is 0 Å². The van der Waals surface area contributed by atoms with Gasteiger partial charge in [0.1, 0.15) is 11.5 Å². The molecule has 2 N–H and O–H groups in total. The number of benzene rings is 2. The summed E-state index contributed by atoms with van der Waals surface area (Å²) < 4.78 is 10.6. The van der Waals surface area contributed by atoms with Gasteiger partial charge in [0.05, 0.1) is 31.0 Å². The average molecular weight is 310 g/mol. The third-order valence-electron chi connectivity index (χ3n) is 3.52. The van der Waals surface area contributed by atoms with Crippen LogP contribution in [0, 0.1) is 0 Å². The number of hydrogen-bond acceptors (Lipinski definition) is 5. The van der Waals surface area contributed by atoms with E-state index < -0.39 is 0 Å². The van der Waals surface area contributed by atoms with Gasteiger partial charge < -0.3 is 14.5 Å². The molecule has 1 aromatic heterocycles. The number of anilines is 1. The Labute approximate surface area is 134 Å². The number of ether oxygens (including phenoxy) is 2. The Morgan fingerprint density at radius 2 is 1.96 bits per heavy atom. The maximum atomic E-state index is 5.38. The van der Waals surface area contributed by atoms with Gasteiger partial charge in [-0.1, -0.05) is 12.1 Å². The van der Waals surface area contributed by atoms with Crippen molar-refractivity contribution in [2.24, 2.45) is 5.10 Å². The molecule has 0 spiro atoms. The average Bonchev–Trinajstić information content (AvgIpc) is 3.02. The minimum absolute atomic E-state index is 0.590. The van der Waals surface area contributed by atoms with Crippen LogP contribution in [0.4, 0.5) is 5.95 Å². The molecular formula is C17H18N4O2. The highest BCUT2D eigenvalue weighted by Gasteiger charge is 2.09. The van der Waals surface area contributed by atoms with Crippen LogP contribution in [0.3, 0.4) is 0 Å². The van der Waals surface area contributed by atoms with Crippen LogP contribution in [0.2, 0.25) is 0 Å². The molecule has 3 rings (SSSR count). The van der Waals surface area contributed by atoms with Gasteiger partial charge in [-0.15, -0.1) is 0 Å². The van der Waals surface area contributed by atoms with Gasteiger partial charge >= 0.3 is 0 Å². The van der Waals surface area contributed by atoms with E-state index in [-0.39, 0.29) is 0 Å². The summed E-state index contributed by atoms with van der Waals surface area (Å²) >= 11 is 0. The van der Waals surface area contributed by atoms with Gasteiger partial charge in [0.15, 0.2) is 0 Å². The van der Waals surface area contributed by atoms with Crippen LogP contribution in [-0.2, 0) is 0 Å². The van der Waals surface area contributed by atoms with E-state index in [1.165, 1.54) is 0 Å². The second-order valence-corrected chi connectivity index (χ2v) is 4.98. The summed E-state index contributed by atoms with van der Waals surface area (Å²) in [5, 5.41) is 4.38. The van der Waals surface area contributed by atoms with Crippen molar-refractivity contribution < 1.29 is 9.47 Å². The number of aromatic amines is 1. The minimum atomic E-state index is 0.590. The minimum Gasteiger partial charge on any atom is -0.497 e. The molecule has 0 aliphatic carbocycles. The van der Waals surface area contributed by atoms with Crippen LogP contribution in [0.5, 0.6) is 11.5 Å². The number of H-pyrrole nitrogens is 1. The van der Waals surface area contributed by atoms with E-state index in [0.717, 1.165) is 33.8 Å². The standard InChI is InChI=1S/C17H18N4O2/c1-11(13-10-12(22-2)8-9-16(13)23-3)20-21-17-18-14-6-4-5-7-15(14)19-17/h4-10H,1-3H3,(H2,18,19,21)/b20-11-. The topological polar surface area (TPSA) is 71.5 Å². The highest BCUT2D eigenvalue weighted by molar-refractivity contribution is 6.01. The molecule has 0 amide bonds. The Hall–Kier alpha value is -3.02. The van der Waals surface area contributed by atoms with E-state index in [9.17, 15) is 0 Å². The number of hydrogen-bond donors (Lipinski definition) is 2. The van der Waals surface area contributed by atoms with Crippen LogP contribution < -0.4 is 14.9 Å². The highest BCUT2D eigenvalue weighted by Crippen LogP contribution is 2.24. The zero-order chi connectivity index (χ0) is 16.2. The molecule has 6 heteroatoms. The fraction of sp³-hybridized carbons (Fsp3) is 0.176. The van der Waals surface area contributed by atoms with Crippen LogP contribution in [0.25, 0.3) is 11.0 Å². The smallest absolute Gasteiger partial charge is 0.222 e. The molecule has 0 aliphatic heterocycles. The zero-order valence-electron chi connectivity index (χ0n) is 13.3. The summed E-state index contributed by atoms with van der Waals surface area (Å²) in [7, 11) is 3.26. The van der Waals surface area contributed by atoms with E-state index in [2.05, 4.69) is 20.5 Å². The number of nitrogens with one attached hydrogen (secondary N) is 2. The van der Waals surface area contributed by atoms with Crippen molar-refractivity contribution >= 4 is 22.7 Å². The van der Waals surface area contributed by atoms with Gasteiger partial charge in [-0.3, -0.25) is 0 Å². The molecule has 0 unspecified atom stereocenters. The number of aromatic nitrogens is 2. The van der Waals surface area contributed by atoms with E-state index in [0.29, 0.717) is 5.95 Å². The Bertz CT molecular complexity index is 822. The van der Waals surface area contributed by atoms with Crippen LogP contribution >= 0.6 is 0 Å². The number of imidazole rings is 1. The SMILES string of the molecule is COc1ccc(OC)c(/C(C)=N\Nc2nc3ccccc3[nH]2)c1. The molecule has 23 heavy (non-hydrogen) atoms. The first-order valence-corrected chi connectivity index (χ1v) is 7.18.